The van der Waals surface area contributed by atoms with Gasteiger partial charge in [-0.05, 0) is 30.5 Å². The summed E-state index contributed by atoms with van der Waals surface area (Å²) in [5, 5.41) is 0. The second-order valence-corrected chi connectivity index (χ2v) is 8.60. The first kappa shape index (κ1) is 20.4. The van der Waals surface area contributed by atoms with Gasteiger partial charge >= 0.3 is 0 Å². The minimum absolute atomic E-state index is 0.313. The molecule has 1 aromatic rings. The summed E-state index contributed by atoms with van der Waals surface area (Å²) in [5.41, 5.74) is 2.39. The molecule has 1 aliphatic carbocycles. The van der Waals surface area contributed by atoms with E-state index < -0.39 is 0 Å². The van der Waals surface area contributed by atoms with Crippen molar-refractivity contribution in [2.24, 2.45) is 4.99 Å². The lowest BCUT2D eigenvalue weighted by molar-refractivity contribution is -0.134. The van der Waals surface area contributed by atoms with Gasteiger partial charge in [-0.25, -0.2) is 0 Å². The highest BCUT2D eigenvalue weighted by Gasteiger charge is 2.29. The topological polar surface area (TPSA) is 42.4 Å². The largest absolute Gasteiger partial charge is 0.369 e. The number of nitrogens with zero attached hydrogens (tertiary/aromatic N) is 5. The molecule has 1 saturated carbocycles. The van der Waals surface area contributed by atoms with Gasteiger partial charge < -0.3 is 9.80 Å². The molecular weight excluding hydrogens is 362 g/mol. The SMILES string of the molecule is CN=Cc1ccc(N2CCN(CC(=O)N3CCN(C4CCCC4)CC3)CC2)cc1. The Kier molecular flexibility index (Phi) is 6.82. The number of carbonyl (C=O) groups is 1. The maximum atomic E-state index is 12.8. The maximum Gasteiger partial charge on any atom is 0.236 e. The third-order valence-electron chi connectivity index (χ3n) is 6.78. The quantitative estimate of drug-likeness (QED) is 0.713. The molecule has 6 nitrogen and oxygen atoms in total. The van der Waals surface area contributed by atoms with E-state index in [4.69, 9.17) is 0 Å². The predicted octanol–water partition coefficient (Wildman–Crippen LogP) is 1.94. The Morgan fingerprint density at radius 3 is 2.24 bits per heavy atom. The first-order chi connectivity index (χ1) is 14.2. The lowest BCUT2D eigenvalue weighted by Crippen LogP contribution is -2.55. The Hall–Kier alpha value is -1.92. The number of amides is 1. The summed E-state index contributed by atoms with van der Waals surface area (Å²) in [7, 11) is 1.80. The molecule has 158 valence electrons. The van der Waals surface area contributed by atoms with Gasteiger partial charge in [-0.2, -0.15) is 0 Å². The molecule has 0 aromatic heterocycles. The molecule has 0 radical (unpaired) electrons. The van der Waals surface area contributed by atoms with Gasteiger partial charge in [0.05, 0.1) is 6.54 Å². The van der Waals surface area contributed by atoms with Crippen molar-refractivity contribution in [1.82, 2.24) is 14.7 Å². The molecule has 0 unspecified atom stereocenters. The number of rotatable bonds is 5. The van der Waals surface area contributed by atoms with Crippen LogP contribution in [0.4, 0.5) is 5.69 Å². The van der Waals surface area contributed by atoms with Crippen LogP contribution in [0.5, 0.6) is 0 Å². The summed E-state index contributed by atoms with van der Waals surface area (Å²) in [6, 6.07) is 9.35. The number of benzene rings is 1. The van der Waals surface area contributed by atoms with Gasteiger partial charge in [0.2, 0.25) is 5.91 Å². The van der Waals surface area contributed by atoms with Crippen molar-refractivity contribution in [3.8, 4) is 0 Å². The number of anilines is 1. The summed E-state index contributed by atoms with van der Waals surface area (Å²) in [5.74, 6) is 0.313. The Labute approximate surface area is 175 Å². The summed E-state index contributed by atoms with van der Waals surface area (Å²) in [4.78, 5) is 26.3. The monoisotopic (exact) mass is 397 g/mol. The van der Waals surface area contributed by atoms with Crippen LogP contribution in [0.3, 0.4) is 0 Å². The van der Waals surface area contributed by atoms with Crippen LogP contribution in [0, 0.1) is 0 Å². The zero-order valence-electron chi connectivity index (χ0n) is 17.8. The molecular formula is C23H35N5O. The van der Waals surface area contributed by atoms with Crippen LogP contribution in [-0.4, -0.2) is 98.8 Å². The van der Waals surface area contributed by atoms with Gasteiger partial charge in [-0.3, -0.25) is 19.6 Å². The Balaban J connectivity index is 1.20. The lowest BCUT2D eigenvalue weighted by atomic mass is 10.1. The van der Waals surface area contributed by atoms with E-state index in [2.05, 4.69) is 48.9 Å². The molecule has 0 atom stereocenters. The number of aliphatic imine (C=N–C) groups is 1. The van der Waals surface area contributed by atoms with Crippen LogP contribution in [0.25, 0.3) is 0 Å². The number of hydrogen-bond donors (Lipinski definition) is 0. The third kappa shape index (κ3) is 5.17. The van der Waals surface area contributed by atoms with E-state index in [0.717, 1.165) is 64.0 Å². The van der Waals surface area contributed by atoms with E-state index in [1.54, 1.807) is 7.05 Å². The molecule has 1 amide bonds. The molecule has 0 bridgehead atoms. The highest BCUT2D eigenvalue weighted by molar-refractivity contribution is 5.80. The fourth-order valence-corrected chi connectivity index (χ4v) is 4.98. The molecule has 2 heterocycles. The second kappa shape index (κ2) is 9.72. The van der Waals surface area contributed by atoms with Gasteiger partial charge in [-0.1, -0.05) is 25.0 Å². The van der Waals surface area contributed by atoms with Crippen molar-refractivity contribution in [2.45, 2.75) is 31.7 Å². The highest BCUT2D eigenvalue weighted by atomic mass is 16.2. The van der Waals surface area contributed by atoms with Crippen molar-refractivity contribution >= 4 is 17.8 Å². The smallest absolute Gasteiger partial charge is 0.236 e. The van der Waals surface area contributed by atoms with Crippen LogP contribution < -0.4 is 4.90 Å². The van der Waals surface area contributed by atoms with E-state index in [1.807, 2.05) is 6.21 Å². The summed E-state index contributed by atoms with van der Waals surface area (Å²) < 4.78 is 0. The molecule has 29 heavy (non-hydrogen) atoms. The zero-order valence-corrected chi connectivity index (χ0v) is 17.8. The van der Waals surface area contributed by atoms with E-state index in [1.165, 1.54) is 31.4 Å². The van der Waals surface area contributed by atoms with Crippen LogP contribution in [0.1, 0.15) is 31.2 Å². The molecule has 3 aliphatic rings. The Bertz CT molecular complexity index is 682. The summed E-state index contributed by atoms with van der Waals surface area (Å²) >= 11 is 0. The van der Waals surface area contributed by atoms with Crippen LogP contribution in [0.2, 0.25) is 0 Å². The van der Waals surface area contributed by atoms with Gasteiger partial charge in [0, 0.05) is 77.3 Å². The standard InChI is InChI=1S/C23H35N5O/c1-24-18-20-6-8-22(9-7-20)26-12-10-25(11-13-26)19-23(29)28-16-14-27(15-17-28)21-4-2-3-5-21/h6-9,18,21H,2-5,10-17,19H2,1H3. The lowest BCUT2D eigenvalue weighted by Gasteiger charge is -2.40. The minimum Gasteiger partial charge on any atom is -0.369 e. The molecule has 2 saturated heterocycles. The average Bonchev–Trinajstić information content (AvgIpc) is 3.30. The summed E-state index contributed by atoms with van der Waals surface area (Å²) in [6.45, 7) is 8.35. The average molecular weight is 398 g/mol. The van der Waals surface area contributed by atoms with Crippen LogP contribution in [0.15, 0.2) is 29.3 Å². The zero-order chi connectivity index (χ0) is 20.1. The van der Waals surface area contributed by atoms with Crippen molar-refractivity contribution < 1.29 is 4.79 Å². The van der Waals surface area contributed by atoms with Gasteiger partial charge in [0.1, 0.15) is 0 Å². The number of hydrogen-bond acceptors (Lipinski definition) is 5. The normalized spacial score (nSPS) is 22.7. The van der Waals surface area contributed by atoms with Crippen molar-refractivity contribution in [1.29, 1.82) is 0 Å². The van der Waals surface area contributed by atoms with Crippen LogP contribution >= 0.6 is 0 Å². The van der Waals surface area contributed by atoms with E-state index >= 15 is 0 Å². The minimum atomic E-state index is 0.313. The second-order valence-electron chi connectivity index (χ2n) is 8.60. The number of carbonyl (C=O) groups excluding carboxylic acids is 1. The fourth-order valence-electron chi connectivity index (χ4n) is 4.98. The molecule has 0 spiro atoms. The molecule has 0 N–H and O–H groups in total. The van der Waals surface area contributed by atoms with Crippen molar-refractivity contribution in [2.75, 3.05) is 70.9 Å². The summed E-state index contributed by atoms with van der Waals surface area (Å²) in [6.07, 6.45) is 7.35. The number of piperazine rings is 2. The van der Waals surface area contributed by atoms with Crippen molar-refractivity contribution in [3.05, 3.63) is 29.8 Å². The van der Waals surface area contributed by atoms with Gasteiger partial charge in [-0.15, -0.1) is 0 Å². The third-order valence-corrected chi connectivity index (χ3v) is 6.78. The molecule has 4 rings (SSSR count). The molecule has 6 heteroatoms. The molecule has 2 aliphatic heterocycles. The van der Waals surface area contributed by atoms with Gasteiger partial charge in [0.15, 0.2) is 0 Å². The van der Waals surface area contributed by atoms with Crippen LogP contribution in [-0.2, 0) is 4.79 Å². The first-order valence-corrected chi connectivity index (χ1v) is 11.2. The van der Waals surface area contributed by atoms with E-state index in [-0.39, 0.29) is 0 Å². The molecule has 1 aromatic carbocycles. The first-order valence-electron chi connectivity index (χ1n) is 11.2. The highest BCUT2D eigenvalue weighted by Crippen LogP contribution is 2.24. The van der Waals surface area contributed by atoms with Gasteiger partial charge in [0.25, 0.3) is 0 Å². The molecule has 3 fully saturated rings. The van der Waals surface area contributed by atoms with E-state index in [0.29, 0.717) is 12.5 Å². The Morgan fingerprint density at radius 1 is 0.966 bits per heavy atom. The Morgan fingerprint density at radius 2 is 1.62 bits per heavy atom. The van der Waals surface area contributed by atoms with E-state index in [9.17, 15) is 4.79 Å². The fraction of sp³-hybridized carbons (Fsp3) is 0.652. The maximum absolute atomic E-state index is 12.8. The van der Waals surface area contributed by atoms with Crippen molar-refractivity contribution in [3.63, 3.8) is 0 Å². The predicted molar refractivity (Wildman–Crippen MR) is 119 cm³/mol.